The molecule has 0 spiro atoms. The van der Waals surface area contributed by atoms with Gasteiger partial charge in [-0.15, -0.1) is 0 Å². The van der Waals surface area contributed by atoms with E-state index in [9.17, 15) is 39.0 Å². The fourth-order valence-electron chi connectivity index (χ4n) is 2.25. The van der Waals surface area contributed by atoms with Gasteiger partial charge in [0.15, 0.2) is 5.12 Å². The Kier molecular flexibility index (Phi) is 28.8. The largest absolute Gasteiger partial charge is 0.394 e. The summed E-state index contributed by atoms with van der Waals surface area (Å²) in [5.74, 6) is -1.86. The number of rotatable bonds is 17. The van der Waals surface area contributed by atoms with Gasteiger partial charge in [-0.1, -0.05) is 18.2 Å². The molecule has 0 aromatic carbocycles. The highest BCUT2D eigenvalue weighted by atomic mass is 32.2. The van der Waals surface area contributed by atoms with E-state index in [0.29, 0.717) is 25.7 Å². The summed E-state index contributed by atoms with van der Waals surface area (Å²) in [5.41, 5.74) is 4.50. The fourth-order valence-corrected chi connectivity index (χ4v) is 2.56. The van der Waals surface area contributed by atoms with Crippen LogP contribution in [-0.2, 0) is 28.8 Å². The van der Waals surface area contributed by atoms with E-state index in [1.807, 2.05) is 0 Å². The first kappa shape index (κ1) is 38.1. The van der Waals surface area contributed by atoms with Crippen LogP contribution < -0.4 is 27.0 Å². The molecule has 15 heteroatoms. The molecule has 0 aliphatic carbocycles. The molecule has 0 bridgehead atoms. The van der Waals surface area contributed by atoms with Crippen LogP contribution in [0.1, 0.15) is 32.6 Å². The molecule has 0 radical (unpaired) electrons. The van der Waals surface area contributed by atoms with Gasteiger partial charge in [-0.3, -0.25) is 19.2 Å². The van der Waals surface area contributed by atoms with E-state index in [2.05, 4.69) is 27.0 Å². The van der Waals surface area contributed by atoms with Crippen molar-refractivity contribution in [3.63, 3.8) is 0 Å². The molecule has 3 amide bonds. The number of thioether (sulfide) groups is 1. The number of carbonyl (C=O) groups excluding carboxylic acids is 6. The number of nitrogens with two attached hydrogens (primary N) is 1. The minimum absolute atomic E-state index is 0.00731. The van der Waals surface area contributed by atoms with Gasteiger partial charge in [-0.2, -0.15) is 0 Å². The van der Waals surface area contributed by atoms with Gasteiger partial charge in [0, 0.05) is 19.9 Å². The molecule has 0 aliphatic rings. The summed E-state index contributed by atoms with van der Waals surface area (Å²) in [6.07, 6.45) is 4.12. The van der Waals surface area contributed by atoms with E-state index in [0.717, 1.165) is 30.9 Å². The van der Waals surface area contributed by atoms with E-state index in [-0.39, 0.29) is 10.9 Å². The van der Waals surface area contributed by atoms with Crippen molar-refractivity contribution in [1.29, 1.82) is 0 Å². The van der Waals surface area contributed by atoms with Crippen LogP contribution in [-0.4, -0.2) is 115 Å². The van der Waals surface area contributed by atoms with Crippen LogP contribution in [0, 0.1) is 0 Å². The molecule has 210 valence electrons. The van der Waals surface area contributed by atoms with Crippen molar-refractivity contribution in [3.05, 3.63) is 0 Å². The van der Waals surface area contributed by atoms with Gasteiger partial charge >= 0.3 is 0 Å². The zero-order chi connectivity index (χ0) is 28.4. The predicted octanol–water partition coefficient (Wildman–Crippen LogP) is -3.56. The zero-order valence-electron chi connectivity index (χ0n) is 21.0. The lowest BCUT2D eigenvalue weighted by Crippen LogP contribution is -2.58. The Morgan fingerprint density at radius 2 is 1.31 bits per heavy atom. The summed E-state index contributed by atoms with van der Waals surface area (Å²) in [5, 5.41) is 37.2. The van der Waals surface area contributed by atoms with Crippen molar-refractivity contribution in [1.82, 2.24) is 21.3 Å². The second kappa shape index (κ2) is 27.2. The van der Waals surface area contributed by atoms with Crippen LogP contribution in [0.3, 0.4) is 0 Å². The molecule has 0 aromatic rings. The van der Waals surface area contributed by atoms with Crippen LogP contribution in [0.25, 0.3) is 0 Å². The lowest BCUT2D eigenvalue weighted by molar-refractivity contribution is -0.134. The quantitative estimate of drug-likeness (QED) is 0.0662. The normalized spacial score (nSPS) is 12.2. The Hall–Kier alpha value is -2.43. The lowest BCUT2D eigenvalue weighted by Gasteiger charge is -2.22. The standard InChI is InChI=1S/C16H30N4O7.C4H6O2S.CH5N/c1-17-11(8-22)15(26)20-13(10-24)16(27)19-12(9-23)14(25)18-6-4-2-3-5-7-21;1-4(6)7-3-2-5;1-2/h7,11-13,17,22-24H,2-6,8-10H2,1H3,(H,18,25)(H,19,27)(H,20,26);2H,3H2,1H3;2H2,1H3. The van der Waals surface area contributed by atoms with E-state index < -0.39 is 55.7 Å². The summed E-state index contributed by atoms with van der Waals surface area (Å²) < 4.78 is 0. The lowest BCUT2D eigenvalue weighted by atomic mass is 10.2. The zero-order valence-corrected chi connectivity index (χ0v) is 21.8. The van der Waals surface area contributed by atoms with Crippen LogP contribution in [0.4, 0.5) is 0 Å². The van der Waals surface area contributed by atoms with Gasteiger partial charge in [-0.05, 0) is 26.9 Å². The summed E-state index contributed by atoms with van der Waals surface area (Å²) in [4.78, 5) is 65.7. The second-order valence-corrected chi connectivity index (χ2v) is 7.98. The molecule has 0 rings (SSSR count). The maximum atomic E-state index is 12.1. The summed E-state index contributed by atoms with van der Waals surface area (Å²) in [7, 11) is 2.94. The molecule has 14 nitrogen and oxygen atoms in total. The molecule has 3 atom stereocenters. The third-order valence-electron chi connectivity index (χ3n) is 4.13. The maximum absolute atomic E-state index is 12.1. The van der Waals surface area contributed by atoms with E-state index >= 15 is 0 Å². The average Bonchev–Trinajstić information content (AvgIpc) is 2.88. The predicted molar refractivity (Wildman–Crippen MR) is 135 cm³/mol. The van der Waals surface area contributed by atoms with Gasteiger partial charge < -0.3 is 51.9 Å². The number of hydrogen-bond donors (Lipinski definition) is 8. The molecular formula is C21H41N5O9S. The first-order chi connectivity index (χ1) is 17.2. The maximum Gasteiger partial charge on any atom is 0.245 e. The number of aliphatic hydroxyl groups is 3. The number of amides is 3. The van der Waals surface area contributed by atoms with Gasteiger partial charge in [0.05, 0.1) is 25.6 Å². The highest BCUT2D eigenvalue weighted by Crippen LogP contribution is 1.97. The van der Waals surface area contributed by atoms with Crippen LogP contribution in [0.5, 0.6) is 0 Å². The summed E-state index contributed by atoms with van der Waals surface area (Å²) >= 11 is 1.02. The molecule has 0 fully saturated rings. The van der Waals surface area contributed by atoms with Gasteiger partial charge in [0.25, 0.3) is 0 Å². The van der Waals surface area contributed by atoms with Gasteiger partial charge in [-0.25, -0.2) is 0 Å². The molecule has 0 aliphatic heterocycles. The van der Waals surface area contributed by atoms with Crippen molar-refractivity contribution in [2.75, 3.05) is 46.2 Å². The van der Waals surface area contributed by atoms with Crippen LogP contribution >= 0.6 is 11.8 Å². The Morgan fingerprint density at radius 3 is 1.69 bits per heavy atom. The molecular weight excluding hydrogens is 498 g/mol. The summed E-state index contributed by atoms with van der Waals surface area (Å²) in [6, 6.07) is -3.54. The molecule has 0 aromatic heterocycles. The monoisotopic (exact) mass is 539 g/mol. The molecule has 3 unspecified atom stereocenters. The first-order valence-electron chi connectivity index (χ1n) is 11.2. The van der Waals surface area contributed by atoms with Crippen molar-refractivity contribution in [3.8, 4) is 0 Å². The fraction of sp³-hybridized carbons (Fsp3) is 0.714. The number of likely N-dealkylation sites (N-methyl/N-ethyl adjacent to an activating group) is 1. The average molecular weight is 540 g/mol. The highest BCUT2D eigenvalue weighted by molar-refractivity contribution is 8.14. The van der Waals surface area contributed by atoms with E-state index in [1.165, 1.54) is 21.0 Å². The summed E-state index contributed by atoms with van der Waals surface area (Å²) in [6.45, 7) is -0.129. The highest BCUT2D eigenvalue weighted by Gasteiger charge is 2.27. The number of nitrogens with one attached hydrogen (secondary N) is 4. The third kappa shape index (κ3) is 20.9. The van der Waals surface area contributed by atoms with E-state index in [4.69, 9.17) is 5.11 Å². The van der Waals surface area contributed by atoms with E-state index in [1.54, 1.807) is 0 Å². The van der Waals surface area contributed by atoms with Crippen molar-refractivity contribution in [2.24, 2.45) is 5.73 Å². The van der Waals surface area contributed by atoms with Gasteiger partial charge in [0.2, 0.25) is 17.7 Å². The number of unbranched alkanes of at least 4 members (excludes halogenated alkanes) is 3. The van der Waals surface area contributed by atoms with Gasteiger partial charge in [0.1, 0.15) is 30.7 Å². The first-order valence-corrected chi connectivity index (χ1v) is 12.2. The molecule has 0 saturated heterocycles. The van der Waals surface area contributed by atoms with Crippen LogP contribution in [0.15, 0.2) is 0 Å². The minimum Gasteiger partial charge on any atom is -0.394 e. The third-order valence-corrected chi connectivity index (χ3v) is 4.84. The number of aliphatic hydroxyl groups excluding tert-OH is 3. The Balaban J connectivity index is -0.00000103. The Labute approximate surface area is 215 Å². The Bertz CT molecular complexity index is 637. The Morgan fingerprint density at radius 1 is 0.806 bits per heavy atom. The van der Waals surface area contributed by atoms with Crippen molar-refractivity contribution in [2.45, 2.75) is 50.7 Å². The number of hydrogen-bond acceptors (Lipinski definition) is 12. The van der Waals surface area contributed by atoms with Crippen LogP contribution in [0.2, 0.25) is 0 Å². The number of aldehydes is 2. The van der Waals surface area contributed by atoms with Crippen molar-refractivity contribution < 1.29 is 44.1 Å². The molecule has 9 N–H and O–H groups in total. The molecule has 36 heavy (non-hydrogen) atoms. The topological polar surface area (TPSA) is 237 Å². The smallest absolute Gasteiger partial charge is 0.245 e. The molecule has 0 saturated carbocycles. The number of carbonyl (C=O) groups is 6. The molecule has 0 heterocycles. The van der Waals surface area contributed by atoms with Crippen molar-refractivity contribution >= 4 is 47.2 Å². The minimum atomic E-state index is -1.34. The SMILES string of the molecule is CC(=O)SCC=O.CN.CNC(CO)C(=O)NC(CO)C(=O)NC(CO)C(=O)NCCCCCC=O. The second-order valence-electron chi connectivity index (χ2n) is 6.79.